The van der Waals surface area contributed by atoms with Gasteiger partial charge >= 0.3 is 0 Å². The van der Waals surface area contributed by atoms with Crippen LogP contribution >= 0.6 is 0 Å². The summed E-state index contributed by atoms with van der Waals surface area (Å²) < 4.78 is 26.0. The van der Waals surface area contributed by atoms with E-state index in [1.54, 1.807) is 0 Å². The number of hydrogen-bond acceptors (Lipinski definition) is 3. The van der Waals surface area contributed by atoms with Crippen molar-refractivity contribution < 1.29 is 8.42 Å². The van der Waals surface area contributed by atoms with Crippen molar-refractivity contribution in [1.29, 1.82) is 0 Å². The molecule has 24 heavy (non-hydrogen) atoms. The molecule has 4 nitrogen and oxygen atoms in total. The second kappa shape index (κ2) is 7.92. The molecular formula is C19H26N2O2S. The zero-order chi connectivity index (χ0) is 17.7. The van der Waals surface area contributed by atoms with Gasteiger partial charge in [-0.1, -0.05) is 42.0 Å². The molecule has 0 amide bonds. The molecule has 0 radical (unpaired) electrons. The van der Waals surface area contributed by atoms with Crippen molar-refractivity contribution in [2.45, 2.75) is 39.6 Å². The Bertz CT molecular complexity index is 791. The number of aryl methyl sites for hydroxylation is 3. The molecule has 0 unspecified atom stereocenters. The minimum atomic E-state index is -3.27. The van der Waals surface area contributed by atoms with Crippen molar-refractivity contribution in [2.24, 2.45) is 0 Å². The van der Waals surface area contributed by atoms with Gasteiger partial charge in [-0.25, -0.2) is 13.1 Å². The molecule has 5 heteroatoms. The Kier molecular flexibility index (Phi) is 6.15. The first-order valence-corrected chi connectivity index (χ1v) is 9.73. The summed E-state index contributed by atoms with van der Waals surface area (Å²) in [4.78, 5) is 0. The quantitative estimate of drug-likeness (QED) is 0.810. The molecule has 0 spiro atoms. The molecule has 2 N–H and O–H groups in total. The molecule has 0 aliphatic heterocycles. The van der Waals surface area contributed by atoms with Crippen LogP contribution in [-0.2, 0) is 28.9 Å². The molecule has 2 rings (SSSR count). The van der Waals surface area contributed by atoms with Crippen molar-refractivity contribution >= 4 is 10.0 Å². The highest BCUT2D eigenvalue weighted by Crippen LogP contribution is 2.17. The Balaban J connectivity index is 2.08. The second-order valence-electron chi connectivity index (χ2n) is 6.21. The molecule has 0 aromatic heterocycles. The third-order valence-electron chi connectivity index (χ3n) is 4.23. The Morgan fingerprint density at radius 1 is 0.917 bits per heavy atom. The van der Waals surface area contributed by atoms with Crippen molar-refractivity contribution in [2.75, 3.05) is 7.05 Å². The van der Waals surface area contributed by atoms with E-state index in [9.17, 15) is 8.42 Å². The normalized spacial score (nSPS) is 11.7. The average Bonchev–Trinajstić information content (AvgIpc) is 2.51. The molecular weight excluding hydrogens is 320 g/mol. The summed E-state index contributed by atoms with van der Waals surface area (Å²) in [5.41, 5.74) is 6.99. The molecule has 0 bridgehead atoms. The second-order valence-corrected chi connectivity index (χ2v) is 8.14. The number of hydrogen-bond donors (Lipinski definition) is 2. The van der Waals surface area contributed by atoms with Gasteiger partial charge < -0.3 is 5.32 Å². The topological polar surface area (TPSA) is 58.2 Å². The number of rotatable bonds is 7. The van der Waals surface area contributed by atoms with Crippen LogP contribution in [0, 0.1) is 20.8 Å². The van der Waals surface area contributed by atoms with E-state index in [-0.39, 0.29) is 5.75 Å². The predicted molar refractivity (Wildman–Crippen MR) is 99.3 cm³/mol. The van der Waals surface area contributed by atoms with E-state index < -0.39 is 10.0 Å². The molecule has 0 fully saturated rings. The van der Waals surface area contributed by atoms with Crippen LogP contribution in [0.15, 0.2) is 36.4 Å². The van der Waals surface area contributed by atoms with Crippen LogP contribution in [0.25, 0.3) is 0 Å². The summed E-state index contributed by atoms with van der Waals surface area (Å²) in [7, 11) is -1.82. The number of nitrogens with one attached hydrogen (secondary N) is 2. The molecule has 2 aromatic rings. The van der Waals surface area contributed by atoms with E-state index >= 15 is 0 Å². The minimum Gasteiger partial charge on any atom is -0.309 e. The van der Waals surface area contributed by atoms with Crippen LogP contribution in [0.1, 0.15) is 33.4 Å². The Morgan fingerprint density at radius 2 is 1.50 bits per heavy atom. The van der Waals surface area contributed by atoms with E-state index in [2.05, 4.69) is 42.9 Å². The fourth-order valence-electron chi connectivity index (χ4n) is 2.96. The van der Waals surface area contributed by atoms with E-state index in [0.29, 0.717) is 6.54 Å². The van der Waals surface area contributed by atoms with Crippen LogP contribution in [0.4, 0.5) is 0 Å². The summed E-state index contributed by atoms with van der Waals surface area (Å²) >= 11 is 0. The fourth-order valence-corrected chi connectivity index (χ4v) is 3.79. The molecule has 130 valence electrons. The van der Waals surface area contributed by atoms with Gasteiger partial charge in [-0.15, -0.1) is 0 Å². The highest BCUT2D eigenvalue weighted by atomic mass is 32.2. The fraction of sp³-hybridized carbons (Fsp3) is 0.368. The van der Waals surface area contributed by atoms with Gasteiger partial charge in [0.2, 0.25) is 10.0 Å². The molecule has 0 saturated carbocycles. The Morgan fingerprint density at radius 3 is 2.08 bits per heavy atom. The maximum absolute atomic E-state index is 11.8. The van der Waals surface area contributed by atoms with Gasteiger partial charge in [0.05, 0.1) is 5.75 Å². The Hall–Kier alpha value is -1.69. The minimum absolute atomic E-state index is 0.00391. The van der Waals surface area contributed by atoms with Crippen LogP contribution in [-0.4, -0.2) is 15.5 Å². The summed E-state index contributed by atoms with van der Waals surface area (Å²) in [6.45, 7) is 7.78. The van der Waals surface area contributed by atoms with Crippen molar-refractivity contribution in [1.82, 2.24) is 10.0 Å². The molecule has 0 aliphatic rings. The molecule has 0 atom stereocenters. The monoisotopic (exact) mass is 346 g/mol. The average molecular weight is 346 g/mol. The van der Waals surface area contributed by atoms with Gasteiger partial charge in [0.15, 0.2) is 0 Å². The maximum Gasteiger partial charge on any atom is 0.215 e. The summed E-state index contributed by atoms with van der Waals surface area (Å²) in [5.74, 6) is 0.00391. The first-order valence-electron chi connectivity index (χ1n) is 8.08. The molecule has 2 aromatic carbocycles. The molecule has 0 heterocycles. The van der Waals surface area contributed by atoms with Gasteiger partial charge in [-0.3, -0.25) is 0 Å². The smallest absolute Gasteiger partial charge is 0.215 e. The van der Waals surface area contributed by atoms with E-state index in [1.165, 1.54) is 29.3 Å². The zero-order valence-corrected chi connectivity index (χ0v) is 15.6. The van der Waals surface area contributed by atoms with Gasteiger partial charge in [-0.05, 0) is 55.6 Å². The van der Waals surface area contributed by atoms with Crippen LogP contribution in [0.5, 0.6) is 0 Å². The van der Waals surface area contributed by atoms with E-state index in [4.69, 9.17) is 0 Å². The lowest BCUT2D eigenvalue weighted by atomic mass is 9.99. The third-order valence-corrected chi connectivity index (χ3v) is 5.55. The van der Waals surface area contributed by atoms with Crippen molar-refractivity contribution in [3.8, 4) is 0 Å². The predicted octanol–water partition coefficient (Wildman–Crippen LogP) is 2.95. The van der Waals surface area contributed by atoms with E-state index in [1.807, 2.05) is 24.3 Å². The van der Waals surface area contributed by atoms with Crippen molar-refractivity contribution in [3.63, 3.8) is 0 Å². The number of sulfonamides is 1. The van der Waals surface area contributed by atoms with Gasteiger partial charge in [0, 0.05) is 13.1 Å². The Labute approximate surface area is 145 Å². The van der Waals surface area contributed by atoms with Crippen LogP contribution in [0.2, 0.25) is 0 Å². The number of benzene rings is 2. The first-order chi connectivity index (χ1) is 11.3. The lowest BCUT2D eigenvalue weighted by molar-refractivity contribution is 0.587. The van der Waals surface area contributed by atoms with Crippen LogP contribution < -0.4 is 10.0 Å². The van der Waals surface area contributed by atoms with Crippen molar-refractivity contribution in [3.05, 3.63) is 69.8 Å². The highest BCUT2D eigenvalue weighted by Gasteiger charge is 2.12. The summed E-state index contributed by atoms with van der Waals surface area (Å²) in [6.07, 6.45) is 0. The highest BCUT2D eigenvalue weighted by molar-refractivity contribution is 7.88. The molecule has 0 saturated heterocycles. The summed E-state index contributed by atoms with van der Waals surface area (Å²) in [5, 5.41) is 3.45. The van der Waals surface area contributed by atoms with Gasteiger partial charge in [-0.2, -0.15) is 0 Å². The zero-order valence-electron chi connectivity index (χ0n) is 14.8. The standard InChI is InChI=1S/C19H26N2O2S/c1-14-9-15(2)19(16(3)10-14)12-21-11-17-7-5-6-8-18(17)13-24(22,23)20-4/h5-10,20-21H,11-13H2,1-4H3. The van der Waals surface area contributed by atoms with E-state index in [0.717, 1.165) is 17.7 Å². The largest absolute Gasteiger partial charge is 0.309 e. The van der Waals surface area contributed by atoms with Gasteiger partial charge in [0.25, 0.3) is 0 Å². The molecule has 0 aliphatic carbocycles. The van der Waals surface area contributed by atoms with Crippen LogP contribution in [0.3, 0.4) is 0 Å². The maximum atomic E-state index is 11.8. The lowest BCUT2D eigenvalue weighted by Gasteiger charge is -2.14. The first kappa shape index (κ1) is 18.6. The third kappa shape index (κ3) is 4.90. The lowest BCUT2D eigenvalue weighted by Crippen LogP contribution is -2.22. The summed E-state index contributed by atoms with van der Waals surface area (Å²) in [6, 6.07) is 12.0. The van der Waals surface area contributed by atoms with Gasteiger partial charge in [0.1, 0.15) is 0 Å². The SMILES string of the molecule is CNS(=O)(=O)Cc1ccccc1CNCc1c(C)cc(C)cc1C.